The average molecular weight is 432 g/mol. The highest BCUT2D eigenvalue weighted by molar-refractivity contribution is 7.71. The first-order valence-electron chi connectivity index (χ1n) is 8.23. The molecule has 3 aromatic rings. The first-order valence-corrected chi connectivity index (χ1v) is 9.45. The van der Waals surface area contributed by atoms with Crippen molar-refractivity contribution in [3.8, 4) is 16.5 Å². The number of aromatic nitrogens is 4. The summed E-state index contributed by atoms with van der Waals surface area (Å²) in [5, 5.41) is 21.1. The minimum absolute atomic E-state index is 0.0731. The second-order valence-corrected chi connectivity index (χ2v) is 7.17. The molecule has 150 valence electrons. The summed E-state index contributed by atoms with van der Waals surface area (Å²) >= 11 is 6.44. The van der Waals surface area contributed by atoms with Gasteiger partial charge in [-0.1, -0.05) is 17.4 Å². The van der Waals surface area contributed by atoms with Gasteiger partial charge < -0.3 is 4.74 Å². The number of aryl methyl sites for hydroxylation is 1. The van der Waals surface area contributed by atoms with Crippen molar-refractivity contribution < 1.29 is 14.5 Å². The fraction of sp³-hybridized carbons (Fsp3) is 0.176. The largest absolute Gasteiger partial charge is 0.490 e. The predicted molar refractivity (Wildman–Crippen MR) is 111 cm³/mol. The Morgan fingerprint density at radius 2 is 2.31 bits per heavy atom. The maximum atomic E-state index is 12.6. The molecule has 0 atom stereocenters. The molecule has 1 aromatic carbocycles. The van der Waals surface area contributed by atoms with Crippen molar-refractivity contribution in [2.45, 2.75) is 13.5 Å². The van der Waals surface area contributed by atoms with E-state index in [9.17, 15) is 14.9 Å². The lowest BCUT2D eigenvalue weighted by atomic mass is 10.2. The molecule has 1 amide bonds. The minimum Gasteiger partial charge on any atom is -0.490 e. The highest BCUT2D eigenvalue weighted by atomic mass is 32.1. The van der Waals surface area contributed by atoms with Gasteiger partial charge in [0, 0.05) is 18.2 Å². The molecule has 0 fully saturated rings. The predicted octanol–water partition coefficient (Wildman–Crippen LogP) is 3.73. The van der Waals surface area contributed by atoms with Gasteiger partial charge in [-0.25, -0.2) is 4.98 Å². The maximum absolute atomic E-state index is 12.6. The lowest BCUT2D eigenvalue weighted by molar-refractivity contribution is -0.385. The van der Waals surface area contributed by atoms with Crippen LogP contribution in [0.5, 0.6) is 5.75 Å². The van der Waals surface area contributed by atoms with Crippen molar-refractivity contribution in [2.24, 2.45) is 0 Å². The molecule has 0 aliphatic heterocycles. The van der Waals surface area contributed by atoms with E-state index in [1.807, 2.05) is 0 Å². The topological polar surface area (TPSA) is 128 Å². The van der Waals surface area contributed by atoms with Gasteiger partial charge in [-0.2, -0.15) is 5.10 Å². The molecular formula is C17H16N6O4S2. The Labute approximate surface area is 174 Å². The number of nitrogens with zero attached hydrogens (tertiary/aromatic N) is 4. The summed E-state index contributed by atoms with van der Waals surface area (Å²) in [6, 6.07) is 3.97. The van der Waals surface area contributed by atoms with Crippen molar-refractivity contribution in [3.63, 3.8) is 0 Å². The van der Waals surface area contributed by atoms with Gasteiger partial charge in [0.1, 0.15) is 0 Å². The lowest BCUT2D eigenvalue weighted by Gasteiger charge is -2.05. The number of hydrogen-bond acceptors (Lipinski definition) is 8. The number of amides is 1. The van der Waals surface area contributed by atoms with Gasteiger partial charge in [0.05, 0.1) is 22.6 Å². The molecule has 0 spiro atoms. The van der Waals surface area contributed by atoms with E-state index in [0.29, 0.717) is 28.0 Å². The number of aromatic amines is 1. The van der Waals surface area contributed by atoms with Crippen LogP contribution in [0.4, 0.5) is 10.8 Å². The Morgan fingerprint density at radius 3 is 2.97 bits per heavy atom. The number of nitro benzene ring substituents is 1. The van der Waals surface area contributed by atoms with Gasteiger partial charge in [0.15, 0.2) is 21.5 Å². The van der Waals surface area contributed by atoms with Crippen LogP contribution in [0.3, 0.4) is 0 Å². The number of nitro groups is 1. The molecule has 12 heteroatoms. The Bertz CT molecular complexity index is 1160. The van der Waals surface area contributed by atoms with Crippen LogP contribution in [0.15, 0.2) is 30.9 Å². The fourth-order valence-electron chi connectivity index (χ4n) is 2.59. The molecule has 2 N–H and O–H groups in total. The number of allylic oxidation sites excluding steroid dienone is 1. The van der Waals surface area contributed by atoms with Crippen molar-refractivity contribution in [1.82, 2.24) is 19.7 Å². The summed E-state index contributed by atoms with van der Waals surface area (Å²) in [6.45, 7) is 5.97. The summed E-state index contributed by atoms with van der Waals surface area (Å²) in [4.78, 5) is 28.2. The Balaban J connectivity index is 1.89. The smallest absolute Gasteiger partial charge is 0.311 e. The summed E-state index contributed by atoms with van der Waals surface area (Å²) in [6.07, 6.45) is 1.70. The van der Waals surface area contributed by atoms with Crippen LogP contribution in [0.1, 0.15) is 16.1 Å². The van der Waals surface area contributed by atoms with Crippen LogP contribution in [0.25, 0.3) is 10.7 Å². The van der Waals surface area contributed by atoms with Gasteiger partial charge >= 0.3 is 5.69 Å². The molecule has 2 heterocycles. The summed E-state index contributed by atoms with van der Waals surface area (Å²) in [5.74, 6) is 0.135. The molecule has 0 aliphatic rings. The zero-order chi connectivity index (χ0) is 21.1. The van der Waals surface area contributed by atoms with Crippen molar-refractivity contribution in [3.05, 3.63) is 57.0 Å². The third-order valence-corrected chi connectivity index (χ3v) is 5.31. The van der Waals surface area contributed by atoms with Crippen LogP contribution in [0.2, 0.25) is 0 Å². The maximum Gasteiger partial charge on any atom is 0.311 e. The van der Waals surface area contributed by atoms with E-state index in [1.165, 1.54) is 30.6 Å². The molecule has 29 heavy (non-hydrogen) atoms. The number of ether oxygens (including phenoxy) is 1. The van der Waals surface area contributed by atoms with E-state index in [4.69, 9.17) is 17.0 Å². The highest BCUT2D eigenvalue weighted by Crippen LogP contribution is 2.32. The van der Waals surface area contributed by atoms with Gasteiger partial charge in [-0.05, 0) is 31.3 Å². The Morgan fingerprint density at radius 1 is 1.55 bits per heavy atom. The van der Waals surface area contributed by atoms with E-state index < -0.39 is 10.8 Å². The molecular weight excluding hydrogens is 416 g/mol. The Hall–Kier alpha value is -3.38. The number of methoxy groups -OCH3 is 1. The number of carbonyl (C=O) groups excluding carboxylic acids is 1. The average Bonchev–Trinajstić information content (AvgIpc) is 3.23. The molecule has 0 saturated heterocycles. The molecule has 10 nitrogen and oxygen atoms in total. The number of benzene rings is 1. The number of rotatable bonds is 7. The monoisotopic (exact) mass is 432 g/mol. The van der Waals surface area contributed by atoms with E-state index in [-0.39, 0.29) is 17.0 Å². The van der Waals surface area contributed by atoms with Crippen LogP contribution in [-0.4, -0.2) is 37.7 Å². The SMILES string of the molecule is C=CCn1c(-c2sc(NC(=O)c3ccc(OC)c([N+](=O)[O-])c3)nc2C)n[nH]c1=S. The second-order valence-electron chi connectivity index (χ2n) is 5.78. The minimum atomic E-state index is -0.608. The molecule has 0 unspecified atom stereocenters. The Kier molecular flexibility index (Phi) is 5.84. The van der Waals surface area contributed by atoms with E-state index >= 15 is 0 Å². The molecule has 0 aliphatic carbocycles. The van der Waals surface area contributed by atoms with Crippen LogP contribution in [0, 0.1) is 21.8 Å². The number of H-pyrrole nitrogens is 1. The molecule has 0 bridgehead atoms. The lowest BCUT2D eigenvalue weighted by Crippen LogP contribution is -2.12. The third kappa shape index (κ3) is 4.07. The third-order valence-electron chi connectivity index (χ3n) is 3.93. The number of nitrogens with one attached hydrogen (secondary N) is 2. The van der Waals surface area contributed by atoms with Gasteiger partial charge in [0.25, 0.3) is 5.91 Å². The number of carbonyl (C=O) groups is 1. The van der Waals surface area contributed by atoms with Crippen LogP contribution < -0.4 is 10.1 Å². The summed E-state index contributed by atoms with van der Waals surface area (Å²) < 4.78 is 7.16. The summed E-state index contributed by atoms with van der Waals surface area (Å²) in [5.41, 5.74) is 0.475. The number of hydrogen-bond donors (Lipinski definition) is 2. The van der Waals surface area contributed by atoms with Crippen molar-refractivity contribution >= 4 is 40.3 Å². The van der Waals surface area contributed by atoms with E-state index in [1.54, 1.807) is 17.6 Å². The molecule has 3 rings (SSSR count). The second kappa shape index (κ2) is 8.32. The normalized spacial score (nSPS) is 10.6. The number of anilines is 1. The quantitative estimate of drug-likeness (QED) is 0.252. The van der Waals surface area contributed by atoms with Gasteiger partial charge in [-0.15, -0.1) is 6.58 Å². The number of thiazole rings is 1. The summed E-state index contributed by atoms with van der Waals surface area (Å²) in [7, 11) is 1.32. The molecule has 0 saturated carbocycles. The standard InChI is InChI=1S/C17H16N6O4S2/c1-4-7-22-14(20-21-17(22)28)13-9(2)18-16(29-13)19-15(24)10-5-6-12(27-3)11(8-10)23(25)26/h4-6,8H,1,7H2,2-3H3,(H,21,28)(H,18,19,24). The zero-order valence-electron chi connectivity index (χ0n) is 15.5. The van der Waals surface area contributed by atoms with E-state index in [0.717, 1.165) is 10.9 Å². The van der Waals surface area contributed by atoms with Gasteiger partial charge in [-0.3, -0.25) is 29.9 Å². The van der Waals surface area contributed by atoms with Crippen molar-refractivity contribution in [1.29, 1.82) is 0 Å². The fourth-order valence-corrected chi connectivity index (χ4v) is 3.76. The van der Waals surface area contributed by atoms with Crippen LogP contribution in [-0.2, 0) is 6.54 Å². The van der Waals surface area contributed by atoms with Crippen LogP contribution >= 0.6 is 23.6 Å². The first-order chi connectivity index (χ1) is 13.8. The first kappa shape index (κ1) is 20.4. The van der Waals surface area contributed by atoms with E-state index in [2.05, 4.69) is 27.1 Å². The molecule has 0 radical (unpaired) electrons. The van der Waals surface area contributed by atoms with Crippen molar-refractivity contribution in [2.75, 3.05) is 12.4 Å². The highest BCUT2D eigenvalue weighted by Gasteiger charge is 2.20. The zero-order valence-corrected chi connectivity index (χ0v) is 17.1. The van der Waals surface area contributed by atoms with Gasteiger partial charge in [0.2, 0.25) is 0 Å². The molecule has 2 aromatic heterocycles.